The monoisotopic (exact) mass is 524 g/mol. The van der Waals surface area contributed by atoms with E-state index in [-0.39, 0.29) is 29.5 Å². The molecule has 11 heteroatoms. The van der Waals surface area contributed by atoms with Crippen LogP contribution in [-0.4, -0.2) is 56.5 Å². The summed E-state index contributed by atoms with van der Waals surface area (Å²) < 4.78 is 7.93. The molecule has 37 heavy (non-hydrogen) atoms. The lowest BCUT2D eigenvalue weighted by atomic mass is 9.95. The molecule has 1 saturated heterocycles. The summed E-state index contributed by atoms with van der Waals surface area (Å²) in [6, 6.07) is 1.84. The smallest absolute Gasteiger partial charge is 0.219 e. The molecule has 3 aromatic rings. The van der Waals surface area contributed by atoms with Crippen molar-refractivity contribution in [2.24, 2.45) is 0 Å². The molecule has 4 rings (SSSR count). The first-order chi connectivity index (χ1) is 17.6. The molecular formula is C26H33ClN8O2. The quantitative estimate of drug-likeness (QED) is 0.383. The fourth-order valence-electron chi connectivity index (χ4n) is 4.91. The summed E-state index contributed by atoms with van der Waals surface area (Å²) in [5, 5.41) is 16.7. The second-order valence-corrected chi connectivity index (χ2v) is 9.81. The third-order valence-corrected chi connectivity index (χ3v) is 7.35. The predicted molar refractivity (Wildman–Crippen MR) is 145 cm³/mol. The van der Waals surface area contributed by atoms with Gasteiger partial charge in [0.2, 0.25) is 5.91 Å². The molecule has 1 atom stereocenters. The van der Waals surface area contributed by atoms with Crippen LogP contribution in [0.1, 0.15) is 62.4 Å². The van der Waals surface area contributed by atoms with Gasteiger partial charge in [-0.1, -0.05) is 11.6 Å². The Balaban J connectivity index is 1.68. The van der Waals surface area contributed by atoms with Gasteiger partial charge in [-0.3, -0.25) is 9.48 Å². The van der Waals surface area contributed by atoms with E-state index < -0.39 is 0 Å². The minimum absolute atomic E-state index is 0.113. The van der Waals surface area contributed by atoms with Gasteiger partial charge in [-0.2, -0.15) is 5.10 Å². The van der Waals surface area contributed by atoms with Crippen LogP contribution in [0.3, 0.4) is 0 Å². The molecule has 1 aromatic carbocycles. The van der Waals surface area contributed by atoms with E-state index in [2.05, 4.69) is 20.4 Å². The topological polar surface area (TPSA) is 135 Å². The zero-order valence-electron chi connectivity index (χ0n) is 21.8. The number of piperidine rings is 1. The molecule has 1 unspecified atom stereocenters. The summed E-state index contributed by atoms with van der Waals surface area (Å²) in [6.45, 7) is 8.65. The minimum Gasteiger partial charge on any atom is -0.496 e. The zero-order valence-corrected chi connectivity index (χ0v) is 22.6. The fraction of sp³-hybridized carbons (Fsp3) is 0.423. The van der Waals surface area contributed by atoms with E-state index in [4.69, 9.17) is 27.5 Å². The van der Waals surface area contributed by atoms with E-state index in [9.17, 15) is 4.79 Å². The molecule has 0 spiro atoms. The number of nitrogens with two attached hydrogens (primary N) is 1. The van der Waals surface area contributed by atoms with Gasteiger partial charge in [-0.05, 0) is 45.2 Å². The number of amides is 1. The van der Waals surface area contributed by atoms with Crippen LogP contribution in [0.15, 0.2) is 24.8 Å². The third kappa shape index (κ3) is 5.24. The van der Waals surface area contributed by atoms with Gasteiger partial charge in [-0.25, -0.2) is 9.97 Å². The maximum Gasteiger partial charge on any atom is 0.219 e. The Kier molecular flexibility index (Phi) is 7.68. The van der Waals surface area contributed by atoms with E-state index in [0.29, 0.717) is 22.2 Å². The molecule has 3 heterocycles. The van der Waals surface area contributed by atoms with Crippen molar-refractivity contribution in [3.63, 3.8) is 0 Å². The van der Waals surface area contributed by atoms with Gasteiger partial charge in [0.05, 0.1) is 31.0 Å². The van der Waals surface area contributed by atoms with Gasteiger partial charge in [-0.15, -0.1) is 0 Å². The normalized spacial score (nSPS) is 14.9. The Morgan fingerprint density at radius 1 is 1.30 bits per heavy atom. The third-order valence-electron chi connectivity index (χ3n) is 6.95. The molecule has 196 valence electrons. The number of nitrogens with one attached hydrogen (secondary N) is 2. The Hall–Kier alpha value is -3.66. The van der Waals surface area contributed by atoms with Crippen LogP contribution in [0.2, 0.25) is 5.02 Å². The van der Waals surface area contributed by atoms with Gasteiger partial charge in [0.15, 0.2) is 0 Å². The Bertz CT molecular complexity index is 1330. The first-order valence-corrected chi connectivity index (χ1v) is 12.6. The standard InChI is InChI=1S/C26H33ClN8O2/c1-14-21(27)10-20(16(3)33-26-23(15(2)28)25(29)30-13-31-26)24(37-5)22(14)18-11-32-35(12-18)19-6-8-34(9-7-19)17(4)36/h10-13,16,19,28H,6-9H2,1-5H3,(H3,29,30,31,33). The largest absolute Gasteiger partial charge is 0.496 e. The number of hydrogen-bond acceptors (Lipinski definition) is 8. The number of rotatable bonds is 7. The molecule has 2 aromatic heterocycles. The van der Waals surface area contributed by atoms with Crippen LogP contribution < -0.4 is 15.8 Å². The summed E-state index contributed by atoms with van der Waals surface area (Å²) in [7, 11) is 1.64. The predicted octanol–water partition coefficient (Wildman–Crippen LogP) is 4.64. The summed E-state index contributed by atoms with van der Waals surface area (Å²) >= 11 is 6.73. The van der Waals surface area contributed by atoms with Crippen molar-refractivity contribution >= 4 is 34.9 Å². The van der Waals surface area contributed by atoms with Crippen LogP contribution in [0.5, 0.6) is 5.75 Å². The van der Waals surface area contributed by atoms with Crippen LogP contribution in [0, 0.1) is 12.3 Å². The summed E-state index contributed by atoms with van der Waals surface area (Å²) in [5.74, 6) is 1.51. The van der Waals surface area contributed by atoms with Crippen molar-refractivity contribution < 1.29 is 9.53 Å². The van der Waals surface area contributed by atoms with E-state index in [1.54, 1.807) is 21.0 Å². The molecule has 0 bridgehead atoms. The van der Waals surface area contributed by atoms with Crippen molar-refractivity contribution in [2.75, 3.05) is 31.2 Å². The van der Waals surface area contributed by atoms with Gasteiger partial charge in [0, 0.05) is 53.6 Å². The second-order valence-electron chi connectivity index (χ2n) is 9.40. The van der Waals surface area contributed by atoms with Crippen molar-refractivity contribution in [3.8, 4) is 16.9 Å². The summed E-state index contributed by atoms with van der Waals surface area (Å²) in [5.41, 5.74) is 10.2. The molecule has 0 radical (unpaired) electrons. The van der Waals surface area contributed by atoms with Crippen LogP contribution in [-0.2, 0) is 4.79 Å². The van der Waals surface area contributed by atoms with Gasteiger partial charge < -0.3 is 26.1 Å². The molecule has 10 nitrogen and oxygen atoms in total. The highest BCUT2D eigenvalue weighted by molar-refractivity contribution is 6.32. The van der Waals surface area contributed by atoms with E-state index in [0.717, 1.165) is 48.2 Å². The van der Waals surface area contributed by atoms with Crippen molar-refractivity contribution in [2.45, 2.75) is 52.6 Å². The number of nitrogens with zero attached hydrogens (tertiary/aromatic N) is 5. The zero-order chi connectivity index (χ0) is 26.9. The molecule has 0 saturated carbocycles. The molecule has 4 N–H and O–H groups in total. The number of carbonyl (C=O) groups excluding carboxylic acids is 1. The number of ether oxygens (including phenoxy) is 1. The number of nitrogen functional groups attached to an aromatic ring is 1. The number of benzene rings is 1. The molecule has 1 aliphatic rings. The van der Waals surface area contributed by atoms with Gasteiger partial charge in [0.1, 0.15) is 23.7 Å². The first kappa shape index (κ1) is 26.4. The Morgan fingerprint density at radius 2 is 2.00 bits per heavy atom. The molecule has 0 aliphatic carbocycles. The highest BCUT2D eigenvalue weighted by Gasteiger charge is 2.26. The van der Waals surface area contributed by atoms with Crippen molar-refractivity contribution in [1.82, 2.24) is 24.6 Å². The molecular weight excluding hydrogens is 492 g/mol. The Morgan fingerprint density at radius 3 is 2.62 bits per heavy atom. The number of methoxy groups -OCH3 is 1. The first-order valence-electron chi connectivity index (χ1n) is 12.2. The Labute approximate surface area is 221 Å². The lowest BCUT2D eigenvalue weighted by Crippen LogP contribution is -2.37. The number of aromatic nitrogens is 4. The van der Waals surface area contributed by atoms with Crippen LogP contribution >= 0.6 is 11.6 Å². The maximum atomic E-state index is 11.7. The van der Waals surface area contributed by atoms with Crippen LogP contribution in [0.4, 0.5) is 11.6 Å². The van der Waals surface area contributed by atoms with Crippen molar-refractivity contribution in [3.05, 3.63) is 46.5 Å². The van der Waals surface area contributed by atoms with Crippen molar-refractivity contribution in [1.29, 1.82) is 5.41 Å². The number of hydrogen-bond donors (Lipinski definition) is 3. The van der Waals surface area contributed by atoms with Gasteiger partial charge >= 0.3 is 0 Å². The second kappa shape index (κ2) is 10.8. The highest BCUT2D eigenvalue weighted by Crippen LogP contribution is 2.43. The lowest BCUT2D eigenvalue weighted by molar-refractivity contribution is -0.130. The van der Waals surface area contributed by atoms with E-state index >= 15 is 0 Å². The average molecular weight is 525 g/mol. The SMILES string of the molecule is COc1c(C(C)Nc2ncnc(N)c2C(C)=N)cc(Cl)c(C)c1-c1cnn(C2CCN(C(C)=O)CC2)c1. The van der Waals surface area contributed by atoms with E-state index in [1.165, 1.54) is 6.33 Å². The fourth-order valence-corrected chi connectivity index (χ4v) is 5.12. The summed E-state index contributed by atoms with van der Waals surface area (Å²) in [6.07, 6.45) is 6.95. The average Bonchev–Trinajstić information content (AvgIpc) is 3.34. The summed E-state index contributed by atoms with van der Waals surface area (Å²) in [4.78, 5) is 21.9. The highest BCUT2D eigenvalue weighted by atomic mass is 35.5. The van der Waals surface area contributed by atoms with Gasteiger partial charge in [0.25, 0.3) is 0 Å². The number of carbonyl (C=O) groups is 1. The van der Waals surface area contributed by atoms with Crippen LogP contribution in [0.25, 0.3) is 11.1 Å². The number of halogens is 1. The number of anilines is 2. The maximum absolute atomic E-state index is 11.7. The number of likely N-dealkylation sites (tertiary alicyclic amines) is 1. The molecule has 1 fully saturated rings. The van der Waals surface area contributed by atoms with E-state index in [1.807, 2.05) is 41.9 Å². The minimum atomic E-state index is -0.273. The molecule has 1 amide bonds. The molecule has 1 aliphatic heterocycles. The lowest BCUT2D eigenvalue weighted by Gasteiger charge is -2.31.